The Morgan fingerprint density at radius 1 is 0.633 bits per heavy atom. The van der Waals surface area contributed by atoms with Gasteiger partial charge in [0, 0.05) is 0 Å². The van der Waals surface area contributed by atoms with E-state index in [4.69, 9.17) is 0 Å². The fourth-order valence-electron chi connectivity index (χ4n) is 1.54. The van der Waals surface area contributed by atoms with Crippen LogP contribution in [0.15, 0.2) is 0 Å². The summed E-state index contributed by atoms with van der Waals surface area (Å²) < 4.78 is 21.5. The average Bonchev–Trinajstić information content (AvgIpc) is 2.53. The van der Waals surface area contributed by atoms with E-state index in [1.165, 1.54) is 41.0 Å². The van der Waals surface area contributed by atoms with Crippen LogP contribution < -0.4 is 90.1 Å². The van der Waals surface area contributed by atoms with Gasteiger partial charge < -0.3 is 39.6 Å². The molecule has 0 saturated carbocycles. The van der Waals surface area contributed by atoms with E-state index >= 15 is 0 Å². The number of carbonyl (C=O) groups is 4. The Hall–Kier alpha value is 0.260. The first-order chi connectivity index (χ1) is 12.7. The van der Waals surface area contributed by atoms with E-state index in [0.29, 0.717) is 0 Å². The third-order valence-electron chi connectivity index (χ3n) is 3.05. The molecule has 30 heavy (non-hydrogen) atoms. The SMILES string of the molecule is C[C@H](NC(=O)[C@H](C)N[PH](C)=O)C(=O)[O-].C[C@H](NC(=O)[C@H](C)N[PH](C)=O)C(=O)[O-].[Na+].[Na+]. The van der Waals surface area contributed by atoms with Crippen molar-refractivity contribution in [2.75, 3.05) is 13.3 Å². The van der Waals surface area contributed by atoms with Gasteiger partial charge in [-0.25, -0.2) is 0 Å². The molecule has 0 aliphatic heterocycles. The standard InChI is InChI=1S/2C7H15N2O4P.2Na/c2*1-4(9-14(3)13)6(10)8-5(2)7(11)12;;/h2*4-5,14H,1-3H3,(H,8,10)(H,9,13)(H,11,12);;/q;;2*+1/p-2/t2*4-,5-;;/m00../s1. The first kappa shape index (κ1) is 37.6. The number of hydrogen-bond donors (Lipinski definition) is 4. The summed E-state index contributed by atoms with van der Waals surface area (Å²) in [7, 11) is -3.91. The van der Waals surface area contributed by atoms with Crippen LogP contribution in [0.4, 0.5) is 0 Å². The molecular formula is C14H28N4Na2O8P2. The zero-order chi connectivity index (χ0) is 22.6. The van der Waals surface area contributed by atoms with Crippen LogP contribution >= 0.6 is 15.9 Å². The van der Waals surface area contributed by atoms with E-state index in [2.05, 4.69) is 20.8 Å². The van der Waals surface area contributed by atoms with Crippen molar-refractivity contribution in [3.05, 3.63) is 0 Å². The Balaban J connectivity index is -0.000000211. The van der Waals surface area contributed by atoms with Crippen LogP contribution in [0, 0.1) is 0 Å². The van der Waals surface area contributed by atoms with Crippen molar-refractivity contribution in [1.82, 2.24) is 20.8 Å². The van der Waals surface area contributed by atoms with Crippen molar-refractivity contribution in [3.8, 4) is 0 Å². The predicted molar refractivity (Wildman–Crippen MR) is 100 cm³/mol. The van der Waals surface area contributed by atoms with Crippen molar-refractivity contribution < 1.29 is 97.6 Å². The average molecular weight is 488 g/mol. The number of aliphatic carboxylic acids is 2. The number of nitrogens with one attached hydrogen (secondary N) is 4. The van der Waals surface area contributed by atoms with Crippen LogP contribution in [0.25, 0.3) is 0 Å². The quantitative estimate of drug-likeness (QED) is 0.169. The van der Waals surface area contributed by atoms with Gasteiger partial charge in [-0.05, 0) is 41.0 Å². The number of rotatable bonds is 10. The zero-order valence-corrected chi connectivity index (χ0v) is 24.6. The molecule has 2 unspecified atom stereocenters. The molecule has 0 aliphatic carbocycles. The van der Waals surface area contributed by atoms with Crippen LogP contribution in [-0.2, 0) is 28.3 Å². The second kappa shape index (κ2) is 19.9. The topological polar surface area (TPSA) is 197 Å². The summed E-state index contributed by atoms with van der Waals surface area (Å²) in [6.45, 7) is 8.52. The summed E-state index contributed by atoms with van der Waals surface area (Å²) >= 11 is 0. The number of carboxylic acid groups (broad SMARTS) is 2. The van der Waals surface area contributed by atoms with Crippen molar-refractivity contribution in [2.45, 2.75) is 51.9 Å². The van der Waals surface area contributed by atoms with Crippen LogP contribution in [0.1, 0.15) is 27.7 Å². The van der Waals surface area contributed by atoms with Crippen LogP contribution in [0.3, 0.4) is 0 Å². The number of amides is 2. The second-order valence-electron chi connectivity index (χ2n) is 5.94. The minimum absolute atomic E-state index is 0. The molecule has 0 spiro atoms. The molecule has 164 valence electrons. The number of carboxylic acids is 2. The number of hydrogen-bond acceptors (Lipinski definition) is 8. The molecule has 0 aromatic carbocycles. The maximum absolute atomic E-state index is 11.2. The van der Waals surface area contributed by atoms with Gasteiger partial charge in [-0.2, -0.15) is 0 Å². The van der Waals surface area contributed by atoms with Gasteiger partial charge in [0.05, 0.1) is 36.1 Å². The minimum atomic E-state index is -1.96. The van der Waals surface area contributed by atoms with Crippen LogP contribution in [0.5, 0.6) is 0 Å². The molecule has 4 N–H and O–H groups in total. The molecule has 0 heterocycles. The van der Waals surface area contributed by atoms with E-state index in [1.807, 2.05) is 0 Å². The van der Waals surface area contributed by atoms with Gasteiger partial charge in [-0.1, -0.05) is 0 Å². The monoisotopic (exact) mass is 488 g/mol. The van der Waals surface area contributed by atoms with Gasteiger partial charge in [-0.3, -0.25) is 19.8 Å². The molecule has 16 heteroatoms. The Bertz CT molecular complexity index is 575. The molecule has 0 aromatic rings. The molecule has 0 rings (SSSR count). The van der Waals surface area contributed by atoms with Gasteiger partial charge in [-0.15, -0.1) is 0 Å². The molecule has 0 bridgehead atoms. The van der Waals surface area contributed by atoms with Gasteiger partial charge in [0.15, 0.2) is 0 Å². The molecule has 0 fully saturated rings. The van der Waals surface area contributed by atoms with Crippen molar-refractivity contribution in [3.63, 3.8) is 0 Å². The molecule has 2 amide bonds. The summed E-state index contributed by atoms with van der Waals surface area (Å²) in [5.41, 5.74) is 0. The Morgan fingerprint density at radius 2 is 0.867 bits per heavy atom. The maximum Gasteiger partial charge on any atom is 1.00 e. The minimum Gasteiger partial charge on any atom is -0.548 e. The third kappa shape index (κ3) is 20.2. The first-order valence-corrected chi connectivity index (χ1v) is 12.1. The van der Waals surface area contributed by atoms with E-state index in [-0.39, 0.29) is 59.1 Å². The van der Waals surface area contributed by atoms with Crippen LogP contribution in [-0.4, -0.2) is 61.2 Å². The van der Waals surface area contributed by atoms with Gasteiger partial charge in [0.25, 0.3) is 0 Å². The van der Waals surface area contributed by atoms with Crippen molar-refractivity contribution in [1.29, 1.82) is 0 Å². The summed E-state index contributed by atoms with van der Waals surface area (Å²) in [5, 5.41) is 30.0. The second-order valence-corrected chi connectivity index (χ2v) is 8.75. The number of carbonyl (C=O) groups excluding carboxylic acids is 4. The fourth-order valence-corrected chi connectivity index (χ4v) is 3.02. The molecule has 0 radical (unpaired) electrons. The molecule has 0 aliphatic rings. The van der Waals surface area contributed by atoms with Crippen molar-refractivity contribution >= 4 is 39.7 Å². The first-order valence-electron chi connectivity index (χ1n) is 8.25. The summed E-state index contributed by atoms with van der Waals surface area (Å²) in [6.07, 6.45) is 0. The Morgan fingerprint density at radius 3 is 1.03 bits per heavy atom. The molecular weight excluding hydrogens is 460 g/mol. The predicted octanol–water partition coefficient (Wildman–Crippen LogP) is -9.34. The van der Waals surface area contributed by atoms with Crippen LogP contribution in [0.2, 0.25) is 0 Å². The van der Waals surface area contributed by atoms with Gasteiger partial charge in [0.2, 0.25) is 11.8 Å². The summed E-state index contributed by atoms with van der Waals surface area (Å²) in [6, 6.07) is -3.45. The molecule has 0 aromatic heterocycles. The Labute approximate surface area is 221 Å². The van der Waals surface area contributed by atoms with E-state index in [1.54, 1.807) is 0 Å². The van der Waals surface area contributed by atoms with E-state index in [0.717, 1.165) is 0 Å². The molecule has 6 atom stereocenters. The zero-order valence-electron chi connectivity index (χ0n) is 18.6. The fraction of sp³-hybridized carbons (Fsp3) is 0.714. The molecule has 12 nitrogen and oxygen atoms in total. The maximum atomic E-state index is 11.2. The normalized spacial score (nSPS) is 15.7. The van der Waals surface area contributed by atoms with Crippen molar-refractivity contribution in [2.24, 2.45) is 0 Å². The largest absolute Gasteiger partial charge is 1.00 e. The summed E-state index contributed by atoms with van der Waals surface area (Å²) in [4.78, 5) is 43.0. The summed E-state index contributed by atoms with van der Waals surface area (Å²) in [5.74, 6) is -3.73. The molecule has 0 saturated heterocycles. The van der Waals surface area contributed by atoms with E-state index < -0.39 is 63.8 Å². The Kier molecular flexibility index (Phi) is 24.9. The van der Waals surface area contributed by atoms with Gasteiger partial charge in [0.1, 0.15) is 15.9 Å². The smallest absolute Gasteiger partial charge is 0.548 e. The third-order valence-corrected chi connectivity index (χ3v) is 4.73. The van der Waals surface area contributed by atoms with E-state index in [9.17, 15) is 38.5 Å². The van der Waals surface area contributed by atoms with Gasteiger partial charge >= 0.3 is 59.1 Å².